The Kier molecular flexibility index (Phi) is 9.06. The topological polar surface area (TPSA) is 78.4 Å². The molecule has 3 N–H and O–H groups in total. The van der Waals surface area contributed by atoms with Crippen molar-refractivity contribution in [2.75, 3.05) is 13.1 Å². The molecule has 124 valence electrons. The molecule has 5 nitrogen and oxygen atoms in total. The van der Waals surface area contributed by atoms with Crippen LogP contribution in [0.15, 0.2) is 0 Å². The fraction of sp³-hybridized carbons (Fsp3) is 0.875. The Morgan fingerprint density at radius 2 is 1.76 bits per heavy atom. The first-order valence-electron chi connectivity index (χ1n) is 7.91. The predicted molar refractivity (Wildman–Crippen MR) is 85.3 cm³/mol. The number of amides is 2. The third-order valence-electron chi connectivity index (χ3n) is 4.16. The van der Waals surface area contributed by atoms with Gasteiger partial charge < -0.3 is 15.7 Å². The van der Waals surface area contributed by atoms with Crippen molar-refractivity contribution in [3.63, 3.8) is 0 Å². The smallest absolute Gasteiger partial charge is 0.314 e. The second-order valence-electron chi connectivity index (χ2n) is 6.85. The molecule has 5 heteroatoms. The lowest BCUT2D eigenvalue weighted by atomic mass is 9.88. The van der Waals surface area contributed by atoms with E-state index < -0.39 is 5.97 Å². The number of carboxylic acid groups (broad SMARTS) is 1. The third kappa shape index (κ3) is 10.2. The van der Waals surface area contributed by atoms with E-state index in [9.17, 15) is 9.59 Å². The maximum absolute atomic E-state index is 11.7. The average molecular weight is 300 g/mol. The maximum Gasteiger partial charge on any atom is 0.314 e. The number of urea groups is 1. The number of hydrogen-bond acceptors (Lipinski definition) is 2. The van der Waals surface area contributed by atoms with Crippen molar-refractivity contribution in [1.29, 1.82) is 0 Å². The van der Waals surface area contributed by atoms with E-state index in [1.807, 2.05) is 0 Å². The number of rotatable bonds is 10. The highest BCUT2D eigenvalue weighted by atomic mass is 16.4. The van der Waals surface area contributed by atoms with Gasteiger partial charge in [0.15, 0.2) is 0 Å². The molecule has 0 aromatic heterocycles. The SMILES string of the molecule is CCC(C)(C)CNC(=O)NCCC(CCC(=O)O)C(C)C. The van der Waals surface area contributed by atoms with Crippen molar-refractivity contribution in [2.45, 2.75) is 60.3 Å². The van der Waals surface area contributed by atoms with Gasteiger partial charge in [-0.25, -0.2) is 4.79 Å². The minimum atomic E-state index is -0.756. The van der Waals surface area contributed by atoms with E-state index in [1.165, 1.54) is 0 Å². The van der Waals surface area contributed by atoms with Crippen LogP contribution in [-0.4, -0.2) is 30.2 Å². The molecule has 0 rings (SSSR count). The number of hydrogen-bond donors (Lipinski definition) is 3. The number of carboxylic acids is 1. The summed E-state index contributed by atoms with van der Waals surface area (Å²) < 4.78 is 0. The van der Waals surface area contributed by atoms with E-state index >= 15 is 0 Å². The Hall–Kier alpha value is -1.26. The van der Waals surface area contributed by atoms with Gasteiger partial charge in [0.2, 0.25) is 0 Å². The molecule has 0 bridgehead atoms. The molecule has 0 aliphatic carbocycles. The van der Waals surface area contributed by atoms with Crippen LogP contribution in [0.4, 0.5) is 4.79 Å². The van der Waals surface area contributed by atoms with Gasteiger partial charge in [0, 0.05) is 19.5 Å². The summed E-state index contributed by atoms with van der Waals surface area (Å²) in [7, 11) is 0. The summed E-state index contributed by atoms with van der Waals surface area (Å²) in [6.07, 6.45) is 2.69. The Labute approximate surface area is 128 Å². The molecule has 0 aliphatic heterocycles. The van der Waals surface area contributed by atoms with Crippen LogP contribution in [0, 0.1) is 17.3 Å². The fourth-order valence-electron chi connectivity index (χ4n) is 2.00. The van der Waals surface area contributed by atoms with Crippen LogP contribution in [-0.2, 0) is 4.79 Å². The monoisotopic (exact) mass is 300 g/mol. The van der Waals surface area contributed by atoms with Gasteiger partial charge in [0.05, 0.1) is 0 Å². The van der Waals surface area contributed by atoms with Crippen molar-refractivity contribution in [3.05, 3.63) is 0 Å². The summed E-state index contributed by atoms with van der Waals surface area (Å²) in [4.78, 5) is 22.3. The maximum atomic E-state index is 11.7. The lowest BCUT2D eigenvalue weighted by Crippen LogP contribution is -2.41. The van der Waals surface area contributed by atoms with Gasteiger partial charge in [-0.2, -0.15) is 0 Å². The summed E-state index contributed by atoms with van der Waals surface area (Å²) in [6, 6.07) is -0.141. The summed E-state index contributed by atoms with van der Waals surface area (Å²) >= 11 is 0. The van der Waals surface area contributed by atoms with E-state index in [0.717, 1.165) is 12.8 Å². The first-order valence-corrected chi connectivity index (χ1v) is 7.91. The minimum Gasteiger partial charge on any atom is -0.481 e. The molecule has 0 fully saturated rings. The molecule has 0 spiro atoms. The second kappa shape index (κ2) is 9.64. The second-order valence-corrected chi connectivity index (χ2v) is 6.85. The summed E-state index contributed by atoms with van der Waals surface area (Å²) in [5.41, 5.74) is 0.110. The first-order chi connectivity index (χ1) is 9.68. The van der Waals surface area contributed by atoms with E-state index in [4.69, 9.17) is 5.11 Å². The molecule has 0 aromatic rings. The Balaban J connectivity index is 3.97. The predicted octanol–water partition coefficient (Wildman–Crippen LogP) is 3.25. The number of nitrogens with one attached hydrogen (secondary N) is 2. The molecule has 0 radical (unpaired) electrons. The molecule has 1 atom stereocenters. The molecule has 2 amide bonds. The van der Waals surface area contributed by atoms with Crippen molar-refractivity contribution >= 4 is 12.0 Å². The highest BCUT2D eigenvalue weighted by Crippen LogP contribution is 2.20. The van der Waals surface area contributed by atoms with Crippen LogP contribution < -0.4 is 10.6 Å². The largest absolute Gasteiger partial charge is 0.481 e. The molecule has 0 saturated carbocycles. The van der Waals surface area contributed by atoms with Gasteiger partial charge in [-0.15, -0.1) is 0 Å². The summed E-state index contributed by atoms with van der Waals surface area (Å²) in [6.45, 7) is 11.8. The normalized spacial score (nSPS) is 13.0. The Morgan fingerprint density at radius 1 is 1.14 bits per heavy atom. The number of carbonyl (C=O) groups excluding carboxylic acids is 1. The number of aliphatic carboxylic acids is 1. The zero-order chi connectivity index (χ0) is 16.5. The third-order valence-corrected chi connectivity index (χ3v) is 4.16. The van der Waals surface area contributed by atoms with Crippen LogP contribution in [0.25, 0.3) is 0 Å². The van der Waals surface area contributed by atoms with Gasteiger partial charge in [0.1, 0.15) is 0 Å². The zero-order valence-corrected chi connectivity index (χ0v) is 14.2. The average Bonchev–Trinajstić information content (AvgIpc) is 2.39. The molecule has 0 heterocycles. The lowest BCUT2D eigenvalue weighted by molar-refractivity contribution is -0.137. The molecular weight excluding hydrogens is 268 g/mol. The van der Waals surface area contributed by atoms with E-state index in [0.29, 0.717) is 31.3 Å². The van der Waals surface area contributed by atoms with Crippen molar-refractivity contribution in [3.8, 4) is 0 Å². The van der Waals surface area contributed by atoms with Gasteiger partial charge in [-0.3, -0.25) is 4.79 Å². The quantitative estimate of drug-likeness (QED) is 0.579. The van der Waals surface area contributed by atoms with Crippen LogP contribution >= 0.6 is 0 Å². The summed E-state index contributed by atoms with van der Waals surface area (Å²) in [5, 5.41) is 14.5. The van der Waals surface area contributed by atoms with Gasteiger partial charge in [0.25, 0.3) is 0 Å². The highest BCUT2D eigenvalue weighted by Gasteiger charge is 2.17. The number of carbonyl (C=O) groups is 2. The minimum absolute atomic E-state index is 0.110. The fourth-order valence-corrected chi connectivity index (χ4v) is 2.00. The van der Waals surface area contributed by atoms with Crippen molar-refractivity contribution < 1.29 is 14.7 Å². The molecule has 21 heavy (non-hydrogen) atoms. The molecule has 1 unspecified atom stereocenters. The first kappa shape index (κ1) is 19.7. The van der Waals surface area contributed by atoms with E-state index in [1.54, 1.807) is 0 Å². The van der Waals surface area contributed by atoms with Gasteiger partial charge in [-0.1, -0.05) is 34.6 Å². The molecule has 0 aliphatic rings. The molecular formula is C16H32N2O3. The standard InChI is InChI=1S/C16H32N2O3/c1-6-16(4,5)11-18-15(21)17-10-9-13(12(2)3)7-8-14(19)20/h12-13H,6-11H2,1-5H3,(H,19,20)(H2,17,18,21). The van der Waals surface area contributed by atoms with E-state index in [-0.39, 0.29) is 17.9 Å². The molecule has 0 saturated heterocycles. The lowest BCUT2D eigenvalue weighted by Gasteiger charge is -2.23. The van der Waals surface area contributed by atoms with Gasteiger partial charge in [-0.05, 0) is 36.5 Å². The molecule has 0 aromatic carbocycles. The highest BCUT2D eigenvalue weighted by molar-refractivity contribution is 5.73. The summed E-state index contributed by atoms with van der Waals surface area (Å²) in [5.74, 6) is -0.00475. The zero-order valence-electron chi connectivity index (χ0n) is 14.2. The Bertz CT molecular complexity index is 327. The van der Waals surface area contributed by atoms with Crippen LogP contribution in [0.3, 0.4) is 0 Å². The van der Waals surface area contributed by atoms with Crippen LogP contribution in [0.5, 0.6) is 0 Å². The van der Waals surface area contributed by atoms with E-state index in [2.05, 4.69) is 45.3 Å². The Morgan fingerprint density at radius 3 is 2.24 bits per heavy atom. The van der Waals surface area contributed by atoms with Crippen LogP contribution in [0.1, 0.15) is 60.3 Å². The van der Waals surface area contributed by atoms with Crippen molar-refractivity contribution in [2.24, 2.45) is 17.3 Å². The van der Waals surface area contributed by atoms with Crippen molar-refractivity contribution in [1.82, 2.24) is 10.6 Å². The van der Waals surface area contributed by atoms with Crippen LogP contribution in [0.2, 0.25) is 0 Å². The van der Waals surface area contributed by atoms with Gasteiger partial charge >= 0.3 is 12.0 Å².